The quantitative estimate of drug-likeness (QED) is 0.272. The zero-order valence-corrected chi connectivity index (χ0v) is 23.8. The molecule has 3 aliphatic heterocycles. The highest BCUT2D eigenvalue weighted by molar-refractivity contribution is 6.30. The highest BCUT2D eigenvalue weighted by Crippen LogP contribution is 2.58. The molecular weight excluding hydrogens is 548 g/mol. The molecule has 1 spiro atoms. The molecule has 0 aliphatic carbocycles. The third kappa shape index (κ3) is 3.61. The SMILES string of the molecule is COc1cccc(C(=O)[C@@H]2[C@@H](C(=O)c3ccc(Cl)cc3)[C@]3(C(=O)Nc4ccccc43)[C@H]3C=C(C)c4ccccc4N23)c1. The van der Waals surface area contributed by atoms with E-state index < -0.39 is 23.4 Å². The second-order valence-electron chi connectivity index (χ2n) is 11.0. The number of para-hydroxylation sites is 2. The molecule has 1 amide bonds. The van der Waals surface area contributed by atoms with E-state index in [9.17, 15) is 14.4 Å². The molecule has 6 nitrogen and oxygen atoms in total. The van der Waals surface area contributed by atoms with Crippen LogP contribution < -0.4 is 15.0 Å². The maximum Gasteiger partial charge on any atom is 0.238 e. The summed E-state index contributed by atoms with van der Waals surface area (Å²) in [4.78, 5) is 46.1. The topological polar surface area (TPSA) is 75.7 Å². The van der Waals surface area contributed by atoms with Gasteiger partial charge in [0, 0.05) is 33.1 Å². The summed E-state index contributed by atoms with van der Waals surface area (Å²) in [5, 5.41) is 3.56. The number of methoxy groups -OCH3 is 1. The van der Waals surface area contributed by atoms with Crippen molar-refractivity contribution >= 4 is 46.0 Å². The summed E-state index contributed by atoms with van der Waals surface area (Å²) >= 11 is 6.19. The van der Waals surface area contributed by atoms with Crippen molar-refractivity contribution in [2.75, 3.05) is 17.3 Å². The number of allylic oxidation sites excluding steroid dienone is 1. The Morgan fingerprint density at radius 2 is 1.62 bits per heavy atom. The highest BCUT2D eigenvalue weighted by atomic mass is 35.5. The first-order valence-corrected chi connectivity index (χ1v) is 14.2. The fourth-order valence-electron chi connectivity index (χ4n) is 7.13. The van der Waals surface area contributed by atoms with Gasteiger partial charge in [0.25, 0.3) is 0 Å². The molecule has 7 heteroatoms. The monoisotopic (exact) mass is 574 g/mol. The number of benzene rings is 4. The van der Waals surface area contributed by atoms with Crippen LogP contribution in [0, 0.1) is 5.92 Å². The first-order valence-electron chi connectivity index (χ1n) is 13.8. The summed E-state index contributed by atoms with van der Waals surface area (Å²) < 4.78 is 5.44. The van der Waals surface area contributed by atoms with Crippen molar-refractivity contribution in [2.24, 2.45) is 5.92 Å². The number of anilines is 2. The lowest BCUT2D eigenvalue weighted by Gasteiger charge is -2.39. The van der Waals surface area contributed by atoms with Crippen molar-refractivity contribution < 1.29 is 19.1 Å². The molecule has 208 valence electrons. The summed E-state index contributed by atoms with van der Waals surface area (Å²) in [5.74, 6) is -1.37. The van der Waals surface area contributed by atoms with E-state index in [4.69, 9.17) is 16.3 Å². The number of amides is 1. The number of Topliss-reactive ketones (excluding diaryl/α,β-unsaturated/α-hetero) is 2. The average Bonchev–Trinajstić information content (AvgIpc) is 3.49. The zero-order chi connectivity index (χ0) is 29.2. The minimum atomic E-state index is -1.37. The molecule has 4 atom stereocenters. The Hall–Kier alpha value is -4.68. The van der Waals surface area contributed by atoms with Gasteiger partial charge >= 0.3 is 0 Å². The van der Waals surface area contributed by atoms with Gasteiger partial charge in [0.2, 0.25) is 5.91 Å². The normalized spacial score (nSPS) is 23.5. The molecule has 1 N–H and O–H groups in total. The predicted molar refractivity (Wildman–Crippen MR) is 163 cm³/mol. The standard InChI is InChI=1S/C35H27ClN2O4/c1-20-18-29-35(26-11-4-5-12-27(26)37-34(35)41)30(32(39)21-14-16-23(36)17-15-21)31(38(29)28-13-6-3-10-25(20)28)33(40)22-8-7-9-24(19-22)42-2/h3-19,29-31H,1-2H3,(H,37,41)/t29-,30+,31+,35-/m1/s1. The lowest BCUT2D eigenvalue weighted by molar-refractivity contribution is -0.121. The van der Waals surface area contributed by atoms with Crippen molar-refractivity contribution in [1.29, 1.82) is 0 Å². The van der Waals surface area contributed by atoms with Gasteiger partial charge in [-0.15, -0.1) is 0 Å². The van der Waals surface area contributed by atoms with Crippen LogP contribution >= 0.6 is 11.6 Å². The van der Waals surface area contributed by atoms with E-state index in [1.54, 1.807) is 55.6 Å². The van der Waals surface area contributed by atoms with Crippen molar-refractivity contribution in [3.05, 3.63) is 130 Å². The lowest BCUT2D eigenvalue weighted by Crippen LogP contribution is -2.51. The molecule has 0 saturated carbocycles. The number of ether oxygens (including phenoxy) is 1. The molecule has 1 fully saturated rings. The van der Waals surface area contributed by atoms with Gasteiger partial charge in [-0.25, -0.2) is 0 Å². The van der Waals surface area contributed by atoms with Gasteiger partial charge in [-0.3, -0.25) is 14.4 Å². The predicted octanol–water partition coefficient (Wildman–Crippen LogP) is 6.59. The third-order valence-electron chi connectivity index (χ3n) is 8.92. The number of hydrogen-bond donors (Lipinski definition) is 1. The number of rotatable bonds is 5. The molecule has 42 heavy (non-hydrogen) atoms. The fourth-order valence-corrected chi connectivity index (χ4v) is 7.25. The van der Waals surface area contributed by atoms with Crippen LogP contribution in [-0.4, -0.2) is 36.7 Å². The summed E-state index contributed by atoms with van der Waals surface area (Å²) in [6, 6.07) is 27.3. The molecule has 1 saturated heterocycles. The molecule has 3 heterocycles. The molecule has 0 radical (unpaired) electrons. The number of hydrogen-bond acceptors (Lipinski definition) is 5. The Morgan fingerprint density at radius 3 is 2.40 bits per heavy atom. The van der Waals surface area contributed by atoms with Gasteiger partial charge in [0.05, 0.1) is 19.1 Å². The molecule has 0 aromatic heterocycles. The van der Waals surface area contributed by atoms with Crippen LogP contribution in [-0.2, 0) is 10.2 Å². The number of ketones is 2. The number of nitrogens with zero attached hydrogens (tertiary/aromatic N) is 1. The van der Waals surface area contributed by atoms with Gasteiger partial charge in [0.15, 0.2) is 11.6 Å². The Kier molecular flexibility index (Phi) is 6.06. The van der Waals surface area contributed by atoms with Crippen molar-refractivity contribution in [3.63, 3.8) is 0 Å². The van der Waals surface area contributed by atoms with Crippen molar-refractivity contribution in [1.82, 2.24) is 0 Å². The first kappa shape index (κ1) is 26.2. The minimum absolute atomic E-state index is 0.261. The van der Waals surface area contributed by atoms with Gasteiger partial charge in [-0.05, 0) is 66.6 Å². The average molecular weight is 575 g/mol. The van der Waals surface area contributed by atoms with E-state index in [1.165, 1.54) is 0 Å². The molecule has 4 aromatic rings. The molecule has 4 aromatic carbocycles. The van der Waals surface area contributed by atoms with E-state index in [1.807, 2.05) is 66.4 Å². The fraction of sp³-hybridized carbons (Fsp3) is 0.171. The third-order valence-corrected chi connectivity index (χ3v) is 9.17. The highest BCUT2D eigenvalue weighted by Gasteiger charge is 2.70. The largest absolute Gasteiger partial charge is 0.497 e. The van der Waals surface area contributed by atoms with Gasteiger partial charge in [-0.1, -0.05) is 66.2 Å². The van der Waals surface area contributed by atoms with Gasteiger partial charge in [0.1, 0.15) is 17.2 Å². The number of carbonyl (C=O) groups is 3. The Labute approximate surface area is 248 Å². The summed E-state index contributed by atoms with van der Waals surface area (Å²) in [6.45, 7) is 2.01. The van der Waals surface area contributed by atoms with E-state index >= 15 is 0 Å². The smallest absolute Gasteiger partial charge is 0.238 e. The van der Waals surface area contributed by atoms with Crippen LogP contribution in [0.15, 0.2) is 103 Å². The summed E-state index contributed by atoms with van der Waals surface area (Å²) in [6.07, 6.45) is 2.05. The lowest BCUT2D eigenvalue weighted by atomic mass is 9.64. The number of nitrogens with one attached hydrogen (secondary N) is 1. The first-order chi connectivity index (χ1) is 20.4. The van der Waals surface area contributed by atoms with Gasteiger partial charge in [-0.2, -0.15) is 0 Å². The van der Waals surface area contributed by atoms with Crippen molar-refractivity contribution in [3.8, 4) is 5.75 Å². The number of halogens is 1. The van der Waals surface area contributed by atoms with Crippen LogP contribution in [0.2, 0.25) is 5.02 Å². The maximum atomic E-state index is 14.8. The van der Waals surface area contributed by atoms with Crippen molar-refractivity contribution in [2.45, 2.75) is 24.4 Å². The number of carbonyl (C=O) groups excluding carboxylic acids is 3. The van der Waals surface area contributed by atoms with E-state index in [2.05, 4.69) is 5.32 Å². The van der Waals surface area contributed by atoms with Crippen LogP contribution in [0.3, 0.4) is 0 Å². The maximum absolute atomic E-state index is 14.8. The van der Waals surface area contributed by atoms with Crippen LogP contribution in [0.25, 0.3) is 5.57 Å². The molecule has 7 rings (SSSR count). The molecule has 3 aliphatic rings. The summed E-state index contributed by atoms with van der Waals surface area (Å²) in [7, 11) is 1.55. The molecule has 0 bridgehead atoms. The molecular formula is C35H27ClN2O4. The second kappa shape index (κ2) is 9.71. The van der Waals surface area contributed by atoms with Crippen LogP contribution in [0.4, 0.5) is 11.4 Å². The van der Waals surface area contributed by atoms with Gasteiger partial charge < -0.3 is 15.0 Å². The van der Waals surface area contributed by atoms with Crippen LogP contribution in [0.5, 0.6) is 5.75 Å². The minimum Gasteiger partial charge on any atom is -0.497 e. The van der Waals surface area contributed by atoms with E-state index in [0.717, 1.165) is 16.8 Å². The van der Waals surface area contributed by atoms with E-state index in [-0.39, 0.29) is 17.5 Å². The zero-order valence-electron chi connectivity index (χ0n) is 23.0. The van der Waals surface area contributed by atoms with Crippen LogP contribution in [0.1, 0.15) is 38.8 Å². The number of fused-ring (bicyclic) bond motifs is 6. The Balaban J connectivity index is 1.55. The molecule has 0 unspecified atom stereocenters. The Bertz CT molecular complexity index is 1810. The second-order valence-corrected chi connectivity index (χ2v) is 11.4. The summed E-state index contributed by atoms with van der Waals surface area (Å²) in [5.41, 5.74) is 3.53. The van der Waals surface area contributed by atoms with E-state index in [0.29, 0.717) is 33.1 Å². The Morgan fingerprint density at radius 1 is 0.881 bits per heavy atom.